The number of nitrogens with zero attached hydrogens (tertiary/aromatic N) is 2. The van der Waals surface area contributed by atoms with Gasteiger partial charge in [0, 0.05) is 30.5 Å². The molecule has 0 spiro atoms. The fourth-order valence-electron chi connectivity index (χ4n) is 2.65. The van der Waals surface area contributed by atoms with Crippen LogP contribution in [0.2, 0.25) is 0 Å². The van der Waals surface area contributed by atoms with Crippen molar-refractivity contribution in [3.63, 3.8) is 0 Å². The zero-order valence-electron chi connectivity index (χ0n) is 12.8. The quantitative estimate of drug-likeness (QED) is 0.506. The Balaban J connectivity index is 1.96. The molecule has 23 heavy (non-hydrogen) atoms. The second-order valence-electron chi connectivity index (χ2n) is 5.69. The van der Waals surface area contributed by atoms with Crippen LogP contribution in [-0.4, -0.2) is 17.1 Å². The minimum absolute atomic E-state index is 0.210. The molecule has 0 aliphatic heterocycles. The molecule has 2 aromatic rings. The van der Waals surface area contributed by atoms with Crippen LogP contribution in [0.25, 0.3) is 0 Å². The Morgan fingerprint density at radius 3 is 1.78 bits per heavy atom. The summed E-state index contributed by atoms with van der Waals surface area (Å²) in [4.78, 5) is 8.63. The lowest BCUT2D eigenvalue weighted by Crippen LogP contribution is -2.30. The van der Waals surface area contributed by atoms with Gasteiger partial charge in [-0.3, -0.25) is 0 Å². The molecule has 0 amide bonds. The summed E-state index contributed by atoms with van der Waals surface area (Å²) in [6, 6.07) is 7.97. The van der Waals surface area contributed by atoms with Crippen molar-refractivity contribution in [3.05, 3.63) is 81.3 Å². The van der Waals surface area contributed by atoms with Crippen LogP contribution >= 0.6 is 31.9 Å². The molecule has 0 atom stereocenters. The number of halogens is 2. The second-order valence-corrected chi connectivity index (χ2v) is 7.31. The van der Waals surface area contributed by atoms with Crippen LogP contribution in [0.3, 0.4) is 0 Å². The molecule has 0 aromatic carbocycles. The van der Waals surface area contributed by atoms with E-state index >= 15 is 0 Å². The molecule has 0 bridgehead atoms. The highest BCUT2D eigenvalue weighted by Crippen LogP contribution is 2.38. The third-order valence-corrected chi connectivity index (χ3v) is 5.16. The summed E-state index contributed by atoms with van der Waals surface area (Å²) < 4.78 is 7.44. The molecule has 0 saturated heterocycles. The van der Waals surface area contributed by atoms with E-state index in [1.807, 2.05) is 30.6 Å². The third kappa shape index (κ3) is 3.18. The molecule has 0 radical (unpaired) electrons. The first-order chi connectivity index (χ1) is 11.0. The average molecular weight is 436 g/mol. The van der Waals surface area contributed by atoms with Crippen LogP contribution in [-0.2, 0) is 15.8 Å². The molecule has 0 N–H and O–H groups in total. The van der Waals surface area contributed by atoms with Gasteiger partial charge in [-0.05, 0) is 68.6 Å². The van der Waals surface area contributed by atoms with E-state index in [0.717, 1.165) is 20.3 Å². The van der Waals surface area contributed by atoms with Gasteiger partial charge in [-0.1, -0.05) is 24.3 Å². The van der Waals surface area contributed by atoms with Crippen LogP contribution in [0.1, 0.15) is 18.1 Å². The van der Waals surface area contributed by atoms with E-state index in [2.05, 4.69) is 79.1 Å². The lowest BCUT2D eigenvalue weighted by molar-refractivity contribution is 0.0695. The third-order valence-electron chi connectivity index (χ3n) is 4.22. The number of allylic oxidation sites excluding steroid dienone is 2. The first-order valence-electron chi connectivity index (χ1n) is 7.17. The van der Waals surface area contributed by atoms with E-state index in [1.54, 1.807) is 7.11 Å². The maximum atomic E-state index is 5.80. The summed E-state index contributed by atoms with van der Waals surface area (Å²) in [6.07, 6.45) is 12.2. The number of methoxy groups -OCH3 is 1. The van der Waals surface area contributed by atoms with Gasteiger partial charge in [0.2, 0.25) is 0 Å². The van der Waals surface area contributed by atoms with E-state index in [-0.39, 0.29) is 5.41 Å². The topological polar surface area (TPSA) is 35.0 Å². The smallest absolute Gasteiger partial charge is 0.131 e. The molecule has 0 saturated carbocycles. The van der Waals surface area contributed by atoms with E-state index in [0.29, 0.717) is 0 Å². The van der Waals surface area contributed by atoms with Gasteiger partial charge in [0.05, 0.1) is 0 Å². The van der Waals surface area contributed by atoms with Crippen molar-refractivity contribution in [1.29, 1.82) is 0 Å². The van der Waals surface area contributed by atoms with E-state index in [9.17, 15) is 0 Å². The fraction of sp³-hybridized carbons (Fsp3) is 0.222. The van der Waals surface area contributed by atoms with Gasteiger partial charge in [0.1, 0.15) is 14.8 Å². The molecule has 1 aliphatic rings. The Hall–Kier alpha value is -1.30. The number of ether oxygens (including phenoxy) is 1. The zero-order valence-corrected chi connectivity index (χ0v) is 16.0. The first kappa shape index (κ1) is 16.6. The maximum Gasteiger partial charge on any atom is 0.131 e. The highest BCUT2D eigenvalue weighted by atomic mass is 79.9. The number of aromatic nitrogens is 2. The number of hydrogen-bond acceptors (Lipinski definition) is 3. The van der Waals surface area contributed by atoms with Crippen molar-refractivity contribution >= 4 is 31.9 Å². The van der Waals surface area contributed by atoms with Crippen molar-refractivity contribution in [2.75, 3.05) is 7.11 Å². The van der Waals surface area contributed by atoms with Crippen LogP contribution in [0.15, 0.2) is 70.2 Å². The summed E-state index contributed by atoms with van der Waals surface area (Å²) in [5.74, 6) is 0. The standard InChI is InChI=1S/C18H16Br2N2O/c1-17(13-3-5-15(19)21-11-13)7-9-18(23-2,10-8-17)14-4-6-16(20)22-12-14/h3-12H,1-2H3. The Kier molecular flexibility index (Phi) is 4.54. The predicted molar refractivity (Wildman–Crippen MR) is 98.2 cm³/mol. The Morgan fingerprint density at radius 1 is 0.826 bits per heavy atom. The number of hydrogen-bond donors (Lipinski definition) is 0. The summed E-state index contributed by atoms with van der Waals surface area (Å²) in [7, 11) is 1.71. The van der Waals surface area contributed by atoms with Crippen molar-refractivity contribution in [2.45, 2.75) is 17.9 Å². The van der Waals surface area contributed by atoms with Gasteiger partial charge in [-0.2, -0.15) is 0 Å². The van der Waals surface area contributed by atoms with Crippen molar-refractivity contribution in [3.8, 4) is 0 Å². The molecule has 5 heteroatoms. The lowest BCUT2D eigenvalue weighted by Gasteiger charge is -2.34. The Labute approximate surface area is 152 Å². The molecular formula is C18H16Br2N2O. The molecule has 0 fully saturated rings. The predicted octanol–water partition coefficient (Wildman–Crippen LogP) is 4.93. The number of pyridine rings is 2. The van der Waals surface area contributed by atoms with Gasteiger partial charge >= 0.3 is 0 Å². The number of rotatable bonds is 3. The highest BCUT2D eigenvalue weighted by Gasteiger charge is 2.34. The van der Waals surface area contributed by atoms with Crippen LogP contribution in [0.4, 0.5) is 0 Å². The molecule has 2 aromatic heterocycles. The Bertz CT molecular complexity index is 738. The summed E-state index contributed by atoms with van der Waals surface area (Å²) in [6.45, 7) is 2.16. The van der Waals surface area contributed by atoms with Gasteiger partial charge in [0.25, 0.3) is 0 Å². The summed E-state index contributed by atoms with van der Waals surface area (Å²) in [5.41, 5.74) is 1.33. The molecule has 1 aliphatic carbocycles. The molecule has 3 nitrogen and oxygen atoms in total. The van der Waals surface area contributed by atoms with Crippen molar-refractivity contribution in [2.24, 2.45) is 0 Å². The maximum absolute atomic E-state index is 5.80. The Morgan fingerprint density at radius 2 is 1.35 bits per heavy atom. The van der Waals surface area contributed by atoms with E-state index < -0.39 is 5.60 Å². The summed E-state index contributed by atoms with van der Waals surface area (Å²) >= 11 is 6.74. The van der Waals surface area contributed by atoms with E-state index in [4.69, 9.17) is 4.74 Å². The van der Waals surface area contributed by atoms with Crippen LogP contribution in [0, 0.1) is 0 Å². The summed E-state index contributed by atoms with van der Waals surface area (Å²) in [5, 5.41) is 0. The molecule has 118 valence electrons. The average Bonchev–Trinajstić information content (AvgIpc) is 2.57. The second kappa shape index (κ2) is 6.30. The minimum Gasteiger partial charge on any atom is -0.365 e. The zero-order chi connectivity index (χ0) is 16.5. The van der Waals surface area contributed by atoms with Gasteiger partial charge in [0.15, 0.2) is 0 Å². The minimum atomic E-state index is -0.587. The fourth-order valence-corrected chi connectivity index (χ4v) is 3.11. The van der Waals surface area contributed by atoms with Gasteiger partial charge < -0.3 is 4.74 Å². The van der Waals surface area contributed by atoms with Crippen LogP contribution < -0.4 is 0 Å². The van der Waals surface area contributed by atoms with Crippen molar-refractivity contribution in [1.82, 2.24) is 9.97 Å². The largest absolute Gasteiger partial charge is 0.365 e. The van der Waals surface area contributed by atoms with Crippen molar-refractivity contribution < 1.29 is 4.74 Å². The molecule has 2 heterocycles. The first-order valence-corrected chi connectivity index (χ1v) is 8.76. The normalized spacial score (nSPS) is 26.4. The highest BCUT2D eigenvalue weighted by molar-refractivity contribution is 9.10. The van der Waals surface area contributed by atoms with E-state index in [1.165, 1.54) is 0 Å². The molecule has 0 unspecified atom stereocenters. The van der Waals surface area contributed by atoms with Gasteiger partial charge in [-0.15, -0.1) is 0 Å². The lowest BCUT2D eigenvalue weighted by atomic mass is 9.75. The molecular weight excluding hydrogens is 420 g/mol. The van der Waals surface area contributed by atoms with Crippen LogP contribution in [0.5, 0.6) is 0 Å². The monoisotopic (exact) mass is 434 g/mol. The SMILES string of the molecule is COC1(c2ccc(Br)nc2)C=CC(C)(c2ccc(Br)nc2)C=C1. The van der Waals surface area contributed by atoms with Gasteiger partial charge in [-0.25, -0.2) is 9.97 Å². The molecule has 3 rings (SSSR count).